The zero-order chi connectivity index (χ0) is 10.2. The first-order chi connectivity index (χ1) is 4.96. The Bertz CT molecular complexity index is 244. The zero-order valence-electron chi connectivity index (χ0n) is 8.63. The molecule has 0 aromatic carbocycles. The summed E-state index contributed by atoms with van der Waals surface area (Å²) in [5, 5.41) is 0. The Morgan fingerprint density at radius 3 is 1.42 bits per heavy atom. The van der Waals surface area contributed by atoms with Gasteiger partial charge in [0.05, 0.1) is 11.9 Å². The first kappa shape index (κ1) is 11.9. The molecule has 0 saturated carbocycles. The van der Waals surface area contributed by atoms with Gasteiger partial charge in [0.15, 0.2) is 0 Å². The molecule has 3 nitrogen and oxygen atoms in total. The Morgan fingerprint density at radius 2 is 1.33 bits per heavy atom. The van der Waals surface area contributed by atoms with E-state index >= 15 is 0 Å². The van der Waals surface area contributed by atoms with E-state index in [1.165, 1.54) is 0 Å². The molecule has 0 amide bonds. The highest BCUT2D eigenvalue weighted by molar-refractivity contribution is 7.86. The average Bonchev–Trinajstić information content (AvgIpc) is 1.52. The van der Waals surface area contributed by atoms with Crippen LogP contribution in [0.25, 0.3) is 0 Å². The molecule has 0 atom stereocenters. The molecule has 0 unspecified atom stereocenters. The van der Waals surface area contributed by atoms with Gasteiger partial charge in [-0.05, 0) is 19.3 Å². The molecule has 0 radical (unpaired) electrons. The third-order valence-electron chi connectivity index (χ3n) is 2.17. The molecule has 0 aromatic heterocycles. The molecule has 0 aliphatic rings. The summed E-state index contributed by atoms with van der Waals surface area (Å²) >= 11 is 0. The van der Waals surface area contributed by atoms with E-state index in [0.29, 0.717) is 0 Å². The molecule has 12 heavy (non-hydrogen) atoms. The normalized spacial score (nSPS) is 14.8. The van der Waals surface area contributed by atoms with E-state index in [9.17, 15) is 8.42 Å². The van der Waals surface area contributed by atoms with Gasteiger partial charge in [0, 0.05) is 0 Å². The molecular formula is C8H18O3S. The lowest BCUT2D eigenvalue weighted by Crippen LogP contribution is -2.40. The van der Waals surface area contributed by atoms with Crippen molar-refractivity contribution in [3.8, 4) is 0 Å². The molecule has 0 spiro atoms. The van der Waals surface area contributed by atoms with Crippen LogP contribution in [-0.2, 0) is 14.3 Å². The Hall–Kier alpha value is -0.0900. The van der Waals surface area contributed by atoms with Crippen LogP contribution in [0, 0.1) is 5.41 Å². The topological polar surface area (TPSA) is 43.4 Å². The third-order valence-corrected chi connectivity index (χ3v) is 2.89. The van der Waals surface area contributed by atoms with Crippen molar-refractivity contribution in [2.24, 2.45) is 5.41 Å². The van der Waals surface area contributed by atoms with Crippen LogP contribution in [0.5, 0.6) is 0 Å². The second kappa shape index (κ2) is 3.00. The Morgan fingerprint density at radius 1 is 1.00 bits per heavy atom. The monoisotopic (exact) mass is 194 g/mol. The minimum atomic E-state index is -3.36. The summed E-state index contributed by atoms with van der Waals surface area (Å²) in [6.45, 7) is 9.37. The van der Waals surface area contributed by atoms with Gasteiger partial charge < -0.3 is 0 Å². The highest BCUT2D eigenvalue weighted by Crippen LogP contribution is 2.33. The molecule has 0 saturated heterocycles. The molecule has 0 N–H and O–H groups in total. The van der Waals surface area contributed by atoms with Gasteiger partial charge in [-0.15, -0.1) is 0 Å². The first-order valence-electron chi connectivity index (χ1n) is 3.86. The standard InChI is InChI=1S/C8H18O3S/c1-7(2,3)8(4,5)11-12(6,9)10/h1-6H3. The number of hydrogen-bond acceptors (Lipinski definition) is 3. The molecule has 0 aromatic rings. The molecule has 0 heterocycles. The second-order valence-corrected chi connectivity index (χ2v) is 6.12. The van der Waals surface area contributed by atoms with Gasteiger partial charge in [-0.25, -0.2) is 0 Å². The van der Waals surface area contributed by atoms with Crippen LogP contribution in [0.2, 0.25) is 0 Å². The van der Waals surface area contributed by atoms with E-state index in [4.69, 9.17) is 4.18 Å². The van der Waals surface area contributed by atoms with Crippen LogP contribution >= 0.6 is 0 Å². The van der Waals surface area contributed by atoms with Gasteiger partial charge in [0.2, 0.25) is 0 Å². The van der Waals surface area contributed by atoms with Gasteiger partial charge in [0.25, 0.3) is 10.1 Å². The Balaban J connectivity index is 4.67. The van der Waals surface area contributed by atoms with Crippen LogP contribution in [0.3, 0.4) is 0 Å². The molecule has 0 bridgehead atoms. The Labute approximate surface area is 75.2 Å². The minimum absolute atomic E-state index is 0.198. The highest BCUT2D eigenvalue weighted by Gasteiger charge is 2.36. The lowest BCUT2D eigenvalue weighted by molar-refractivity contribution is 0.00772. The quantitative estimate of drug-likeness (QED) is 0.629. The summed E-state index contributed by atoms with van der Waals surface area (Å²) in [5.41, 5.74) is -0.864. The van der Waals surface area contributed by atoms with Gasteiger partial charge in [0.1, 0.15) is 0 Å². The molecule has 0 aliphatic carbocycles. The summed E-state index contributed by atoms with van der Waals surface area (Å²) in [6, 6.07) is 0. The Kier molecular flexibility index (Phi) is 2.97. The van der Waals surface area contributed by atoms with E-state index in [1.807, 2.05) is 20.8 Å². The van der Waals surface area contributed by atoms with Crippen molar-refractivity contribution in [3.63, 3.8) is 0 Å². The lowest BCUT2D eigenvalue weighted by atomic mass is 9.79. The largest absolute Gasteiger partial charge is 0.264 e. The maximum atomic E-state index is 10.9. The lowest BCUT2D eigenvalue weighted by Gasteiger charge is -2.37. The maximum Gasteiger partial charge on any atom is 0.264 e. The van der Waals surface area contributed by atoms with Crippen molar-refractivity contribution >= 4 is 10.1 Å². The maximum absolute atomic E-state index is 10.9. The fourth-order valence-corrected chi connectivity index (χ4v) is 1.51. The smallest absolute Gasteiger partial charge is 0.264 e. The van der Waals surface area contributed by atoms with Crippen LogP contribution in [0.1, 0.15) is 34.6 Å². The summed E-state index contributed by atoms with van der Waals surface area (Å²) in [7, 11) is -3.36. The number of rotatable bonds is 2. The van der Waals surface area contributed by atoms with E-state index in [2.05, 4.69) is 0 Å². The van der Waals surface area contributed by atoms with Crippen LogP contribution < -0.4 is 0 Å². The van der Waals surface area contributed by atoms with Crippen molar-refractivity contribution in [1.82, 2.24) is 0 Å². The average molecular weight is 194 g/mol. The van der Waals surface area contributed by atoms with Gasteiger partial charge in [-0.2, -0.15) is 8.42 Å². The van der Waals surface area contributed by atoms with E-state index < -0.39 is 15.7 Å². The third kappa shape index (κ3) is 3.54. The van der Waals surface area contributed by atoms with Gasteiger partial charge in [-0.1, -0.05) is 20.8 Å². The molecule has 74 valence electrons. The SMILES string of the molecule is CC(C)(C)C(C)(C)OS(C)(=O)=O. The number of hydrogen-bond donors (Lipinski definition) is 0. The minimum Gasteiger partial charge on any atom is -0.264 e. The summed E-state index contributed by atoms with van der Waals surface area (Å²) < 4.78 is 26.7. The molecular weight excluding hydrogens is 176 g/mol. The molecule has 0 rings (SSSR count). The van der Waals surface area contributed by atoms with Gasteiger partial charge in [-0.3, -0.25) is 4.18 Å². The molecule has 0 aliphatic heterocycles. The van der Waals surface area contributed by atoms with E-state index in [0.717, 1.165) is 6.26 Å². The predicted molar refractivity (Wildman–Crippen MR) is 49.5 cm³/mol. The van der Waals surface area contributed by atoms with Crippen molar-refractivity contribution in [1.29, 1.82) is 0 Å². The fourth-order valence-electron chi connectivity index (χ4n) is 0.503. The van der Waals surface area contributed by atoms with Crippen molar-refractivity contribution < 1.29 is 12.6 Å². The molecule has 0 fully saturated rings. The highest BCUT2D eigenvalue weighted by atomic mass is 32.2. The van der Waals surface area contributed by atoms with Gasteiger partial charge >= 0.3 is 0 Å². The summed E-state index contributed by atoms with van der Waals surface area (Å²) in [5.74, 6) is 0. The van der Waals surface area contributed by atoms with Crippen molar-refractivity contribution in [3.05, 3.63) is 0 Å². The van der Waals surface area contributed by atoms with E-state index in [1.54, 1.807) is 13.8 Å². The van der Waals surface area contributed by atoms with Crippen LogP contribution in [0.4, 0.5) is 0 Å². The van der Waals surface area contributed by atoms with Crippen LogP contribution in [0.15, 0.2) is 0 Å². The summed E-state index contributed by atoms with van der Waals surface area (Å²) in [6.07, 6.45) is 1.07. The van der Waals surface area contributed by atoms with E-state index in [-0.39, 0.29) is 5.41 Å². The van der Waals surface area contributed by atoms with Crippen molar-refractivity contribution in [2.75, 3.05) is 6.26 Å². The molecule has 4 heteroatoms. The predicted octanol–water partition coefficient (Wildman–Crippen LogP) is 1.79. The zero-order valence-corrected chi connectivity index (χ0v) is 9.45. The fraction of sp³-hybridized carbons (Fsp3) is 1.00. The second-order valence-electron chi connectivity index (χ2n) is 4.55. The van der Waals surface area contributed by atoms with Crippen molar-refractivity contribution in [2.45, 2.75) is 40.2 Å². The summed E-state index contributed by atoms with van der Waals surface area (Å²) in [4.78, 5) is 0. The van der Waals surface area contributed by atoms with Crippen LogP contribution in [-0.4, -0.2) is 20.3 Å². The first-order valence-corrected chi connectivity index (χ1v) is 5.68.